The van der Waals surface area contributed by atoms with E-state index in [0.717, 1.165) is 27.6 Å². The molecule has 12 nitrogen and oxygen atoms in total. The van der Waals surface area contributed by atoms with Gasteiger partial charge in [-0.05, 0) is 67.4 Å². The molecular weight excluding hydrogens is 668 g/mol. The first-order chi connectivity index (χ1) is 21.5. The van der Waals surface area contributed by atoms with E-state index in [9.17, 15) is 26.8 Å². The van der Waals surface area contributed by atoms with Crippen molar-refractivity contribution in [3.63, 3.8) is 0 Å². The Bertz CT molecular complexity index is 1870. The number of ether oxygens (including phenoxy) is 2. The Morgan fingerprint density at radius 3 is 2.23 bits per heavy atom. The van der Waals surface area contributed by atoms with Gasteiger partial charge in [-0.3, -0.25) is 9.30 Å². The molecule has 2 amide bonds. The Balaban J connectivity index is 1.70. The Morgan fingerprint density at radius 2 is 1.70 bits per heavy atom. The van der Waals surface area contributed by atoms with Crippen molar-refractivity contribution < 1.29 is 45.0 Å². The van der Waals surface area contributed by atoms with Gasteiger partial charge < -0.3 is 9.47 Å². The minimum Gasteiger partial charge on any atom is -0.444 e. The highest BCUT2D eigenvalue weighted by molar-refractivity contribution is 7.89. The summed E-state index contributed by atoms with van der Waals surface area (Å²) in [5, 5.41) is 6.46. The molecule has 0 unspecified atom stereocenters. The van der Waals surface area contributed by atoms with Gasteiger partial charge in [0.25, 0.3) is 22.4 Å². The number of rotatable bonds is 6. The summed E-state index contributed by atoms with van der Waals surface area (Å²) in [5.41, 5.74) is -4.03. The first-order valence-electron chi connectivity index (χ1n) is 14.5. The summed E-state index contributed by atoms with van der Waals surface area (Å²) in [6, 6.07) is 1.01. The fraction of sp³-hybridized carbons (Fsp3) is 0.552. The second-order valence-electron chi connectivity index (χ2n) is 13.6. The van der Waals surface area contributed by atoms with Gasteiger partial charge >= 0.3 is 12.2 Å². The van der Waals surface area contributed by atoms with Gasteiger partial charge in [-0.2, -0.15) is 13.1 Å². The van der Waals surface area contributed by atoms with Crippen LogP contribution < -0.4 is 0 Å². The van der Waals surface area contributed by atoms with Crippen molar-refractivity contribution in [2.75, 3.05) is 13.1 Å². The number of imidazole rings is 1. The van der Waals surface area contributed by atoms with Gasteiger partial charge in [-0.1, -0.05) is 17.4 Å². The van der Waals surface area contributed by atoms with E-state index in [4.69, 9.17) is 9.47 Å². The van der Waals surface area contributed by atoms with Gasteiger partial charge in [0.2, 0.25) is 0 Å². The molecule has 4 heterocycles. The minimum atomic E-state index is -4.79. The molecule has 47 heavy (non-hydrogen) atoms. The molecular formula is C29H34F4N6O6S2. The molecule has 0 saturated heterocycles. The smallest absolute Gasteiger partial charge is 0.424 e. The van der Waals surface area contributed by atoms with Gasteiger partial charge in [0.1, 0.15) is 16.1 Å². The number of sulfonamides is 1. The first-order valence-corrected chi connectivity index (χ1v) is 16.8. The van der Waals surface area contributed by atoms with Gasteiger partial charge in [0, 0.05) is 23.9 Å². The topological polar surface area (TPSA) is 136 Å². The number of nitrogens with zero attached hydrogens (tertiary/aromatic N) is 6. The quantitative estimate of drug-likeness (QED) is 0.262. The van der Waals surface area contributed by atoms with Crippen LogP contribution >= 0.6 is 11.3 Å². The highest BCUT2D eigenvalue weighted by Crippen LogP contribution is 2.46. The maximum absolute atomic E-state index is 16.0. The standard InChI is InChI=1S/C29H34F4N6O6S2/c1-26(2,3)44-24(40)37-11-8-18(29(32,33)15-37)17-12-16(47(42,43)39(28(7)9-10-28)25(41)45-27(4,5)6)14-38-19(17)13-34-21(38)23-36-35-22(46-23)20(30)31/h8,12-14,20H,9-11,15H2,1-7H3. The molecule has 1 saturated carbocycles. The molecule has 18 heteroatoms. The third-order valence-corrected chi connectivity index (χ3v) is 10.1. The van der Waals surface area contributed by atoms with Crippen LogP contribution in [0.15, 0.2) is 29.4 Å². The fourth-order valence-electron chi connectivity index (χ4n) is 4.91. The zero-order chi connectivity index (χ0) is 34.9. The van der Waals surface area contributed by atoms with Crippen molar-refractivity contribution in [1.82, 2.24) is 28.8 Å². The number of carbonyl (C=O) groups is 2. The van der Waals surface area contributed by atoms with E-state index in [1.54, 1.807) is 48.5 Å². The molecule has 1 aliphatic heterocycles. The summed E-state index contributed by atoms with van der Waals surface area (Å²) >= 11 is 0.497. The minimum absolute atomic E-state index is 0.00848. The number of fused-ring (bicyclic) bond motifs is 1. The van der Waals surface area contributed by atoms with Gasteiger partial charge in [-0.15, -0.1) is 10.2 Å². The molecule has 3 aromatic rings. The van der Waals surface area contributed by atoms with Crippen LogP contribution in [0.3, 0.4) is 0 Å². The number of hydrogen-bond acceptors (Lipinski definition) is 10. The molecule has 2 aliphatic rings. The fourth-order valence-corrected chi connectivity index (χ4v) is 7.32. The summed E-state index contributed by atoms with van der Waals surface area (Å²) in [6.07, 6.45) is -1.06. The zero-order valence-corrected chi connectivity index (χ0v) is 28.3. The molecule has 3 aromatic heterocycles. The normalized spacial score (nSPS) is 17.9. The van der Waals surface area contributed by atoms with Crippen molar-refractivity contribution in [3.05, 3.63) is 35.1 Å². The van der Waals surface area contributed by atoms with Gasteiger partial charge in [0.15, 0.2) is 15.8 Å². The first kappa shape index (κ1) is 34.5. The average Bonchev–Trinajstić information content (AvgIpc) is 3.29. The van der Waals surface area contributed by atoms with Crippen LogP contribution in [0.1, 0.15) is 78.3 Å². The molecule has 1 aliphatic carbocycles. The van der Waals surface area contributed by atoms with E-state index in [2.05, 4.69) is 15.2 Å². The zero-order valence-electron chi connectivity index (χ0n) is 26.7. The molecule has 0 N–H and O–H groups in total. The summed E-state index contributed by atoms with van der Waals surface area (Å²) in [5.74, 6) is -3.85. The Hall–Kier alpha value is -3.80. The van der Waals surface area contributed by atoms with E-state index < -0.39 is 73.3 Å². The summed E-state index contributed by atoms with van der Waals surface area (Å²) in [6.45, 7) is 9.69. The molecule has 0 aromatic carbocycles. The Kier molecular flexibility index (Phi) is 8.39. The van der Waals surface area contributed by atoms with Gasteiger partial charge in [0.05, 0.1) is 23.8 Å². The predicted octanol–water partition coefficient (Wildman–Crippen LogP) is 6.54. The largest absolute Gasteiger partial charge is 0.444 e. The molecule has 0 atom stereocenters. The number of pyridine rings is 1. The lowest BCUT2D eigenvalue weighted by Gasteiger charge is -2.34. The number of aromatic nitrogens is 4. The monoisotopic (exact) mass is 702 g/mol. The number of hydrogen-bond donors (Lipinski definition) is 0. The second kappa shape index (κ2) is 11.4. The molecule has 5 rings (SSSR count). The number of amides is 2. The molecule has 0 bridgehead atoms. The molecule has 1 fully saturated rings. The van der Waals surface area contributed by atoms with Crippen molar-refractivity contribution in [2.45, 2.75) is 95.3 Å². The second-order valence-corrected chi connectivity index (χ2v) is 16.4. The van der Waals surface area contributed by atoms with Crippen molar-refractivity contribution >= 4 is 44.6 Å². The molecule has 0 radical (unpaired) electrons. The number of carbonyl (C=O) groups excluding carboxylic acids is 2. The van der Waals surface area contributed by atoms with Crippen LogP contribution in [-0.4, -0.2) is 85.1 Å². The van der Waals surface area contributed by atoms with Gasteiger partial charge in [-0.25, -0.2) is 31.8 Å². The van der Waals surface area contributed by atoms with Crippen LogP contribution in [0.4, 0.5) is 27.2 Å². The maximum atomic E-state index is 16.0. The third kappa shape index (κ3) is 6.93. The van der Waals surface area contributed by atoms with Crippen molar-refractivity contribution in [2.24, 2.45) is 0 Å². The number of alkyl halides is 4. The lowest BCUT2D eigenvalue weighted by Crippen LogP contribution is -2.47. The van der Waals surface area contributed by atoms with Crippen molar-refractivity contribution in [1.29, 1.82) is 0 Å². The Morgan fingerprint density at radius 1 is 1.06 bits per heavy atom. The Labute approximate surface area is 272 Å². The average molecular weight is 703 g/mol. The van der Waals surface area contributed by atoms with Crippen LogP contribution in [0.25, 0.3) is 21.9 Å². The van der Waals surface area contributed by atoms with E-state index in [-0.39, 0.29) is 28.5 Å². The van der Waals surface area contributed by atoms with Crippen molar-refractivity contribution in [3.8, 4) is 10.8 Å². The van der Waals surface area contributed by atoms with E-state index in [0.29, 0.717) is 28.5 Å². The summed E-state index contributed by atoms with van der Waals surface area (Å²) in [7, 11) is -4.79. The lowest BCUT2D eigenvalue weighted by atomic mass is 9.96. The van der Waals surface area contributed by atoms with E-state index >= 15 is 8.78 Å². The summed E-state index contributed by atoms with van der Waals surface area (Å²) in [4.78, 5) is 30.4. The van der Waals surface area contributed by atoms with Crippen LogP contribution in [0.5, 0.6) is 0 Å². The van der Waals surface area contributed by atoms with E-state index in [1.165, 1.54) is 6.20 Å². The van der Waals surface area contributed by atoms with Crippen LogP contribution in [0, 0.1) is 0 Å². The lowest BCUT2D eigenvalue weighted by molar-refractivity contribution is -0.0105. The highest BCUT2D eigenvalue weighted by atomic mass is 32.2. The predicted molar refractivity (Wildman–Crippen MR) is 163 cm³/mol. The third-order valence-electron chi connectivity index (χ3n) is 7.24. The number of halogens is 4. The molecule has 256 valence electrons. The van der Waals surface area contributed by atoms with Crippen LogP contribution in [0.2, 0.25) is 0 Å². The SMILES string of the molecule is CC(C)(C)OC(=O)N1CC=C(c2cc(S(=O)(=O)N(C(=O)OC(C)(C)C)C3(C)CC3)cn3c(-c4nnc(C(F)F)s4)ncc23)C(F)(F)C1. The summed E-state index contributed by atoms with van der Waals surface area (Å²) < 4.78 is 99.7. The molecule has 0 spiro atoms. The highest BCUT2D eigenvalue weighted by Gasteiger charge is 2.54. The maximum Gasteiger partial charge on any atom is 0.424 e. The van der Waals surface area contributed by atoms with E-state index in [1.807, 2.05) is 0 Å². The van der Waals surface area contributed by atoms with Crippen LogP contribution in [-0.2, 0) is 19.5 Å².